The summed E-state index contributed by atoms with van der Waals surface area (Å²) in [7, 11) is 0. The van der Waals surface area contributed by atoms with E-state index in [2.05, 4.69) is 0 Å². The molecule has 0 aliphatic carbocycles. The van der Waals surface area contributed by atoms with Crippen molar-refractivity contribution in [2.75, 3.05) is 0 Å². The van der Waals surface area contributed by atoms with Gasteiger partial charge in [-0.05, 0) is 84.4 Å². The number of rotatable bonds is 3. The zero-order valence-corrected chi connectivity index (χ0v) is 23.7. The molecule has 0 N–H and O–H groups in total. The number of fused-ring (bicyclic) bond motifs is 7. The first kappa shape index (κ1) is 14.8. The van der Waals surface area contributed by atoms with Gasteiger partial charge in [0.15, 0.2) is 0 Å². The highest BCUT2D eigenvalue weighted by molar-refractivity contribution is 6.22. The second-order valence-electron chi connectivity index (χ2n) is 10.9. The van der Waals surface area contributed by atoms with Crippen molar-refractivity contribution in [3.63, 3.8) is 0 Å². The SMILES string of the molecule is [2H]c1c([2H])c([2H])c2c([2H])c(-c3c4c([2H])c([2H])c([2H])c([2H])c4c(-c4ccc5c(c4)oc4cc6occ(-c7ccccc7)c6cc45)c4c([2H])c([2H])c([2H])c([2H])c34)c([2H])c([2H])c2c1[2H]. The smallest absolute Gasteiger partial charge is 0.139 e. The average Bonchev–Trinajstić information content (AvgIpc) is 3.84. The molecule has 8 aromatic carbocycles. The Morgan fingerprint density at radius 2 is 1.09 bits per heavy atom. The highest BCUT2D eigenvalue weighted by Crippen LogP contribution is 2.45. The number of hydrogen-bond acceptors (Lipinski definition) is 2. The Morgan fingerprint density at radius 1 is 0.435 bits per heavy atom. The van der Waals surface area contributed by atoms with Crippen LogP contribution in [0.1, 0.15) is 20.6 Å². The van der Waals surface area contributed by atoms with E-state index in [0.29, 0.717) is 22.1 Å². The van der Waals surface area contributed by atoms with Gasteiger partial charge < -0.3 is 8.83 Å². The highest BCUT2D eigenvalue weighted by atomic mass is 16.3. The average molecular weight is 602 g/mol. The number of benzene rings is 8. The van der Waals surface area contributed by atoms with Crippen LogP contribution in [-0.2, 0) is 0 Å². The molecule has 2 heteroatoms. The highest BCUT2D eigenvalue weighted by Gasteiger charge is 2.19. The summed E-state index contributed by atoms with van der Waals surface area (Å²) >= 11 is 0. The van der Waals surface area contributed by atoms with E-state index in [1.165, 1.54) is 0 Å². The van der Waals surface area contributed by atoms with Crippen molar-refractivity contribution in [1.82, 2.24) is 0 Å². The largest absolute Gasteiger partial charge is 0.464 e. The van der Waals surface area contributed by atoms with Crippen LogP contribution in [0.5, 0.6) is 0 Å². The Kier molecular flexibility index (Phi) is 3.11. The molecule has 0 bridgehead atoms. The Balaban J connectivity index is 1.38. The van der Waals surface area contributed by atoms with Gasteiger partial charge in [-0.2, -0.15) is 0 Å². The van der Waals surface area contributed by atoms with Crippen LogP contribution in [0.4, 0.5) is 0 Å². The fourth-order valence-corrected chi connectivity index (χ4v) is 6.36. The van der Waals surface area contributed by atoms with Gasteiger partial charge in [0, 0.05) is 27.8 Å². The maximum Gasteiger partial charge on any atom is 0.139 e. The van der Waals surface area contributed by atoms with Crippen molar-refractivity contribution in [3.05, 3.63) is 158 Å². The van der Waals surface area contributed by atoms with Crippen LogP contribution in [0.2, 0.25) is 0 Å². The molecule has 0 fully saturated rings. The monoisotopic (exact) mass is 601 g/mol. The lowest BCUT2D eigenvalue weighted by molar-refractivity contribution is 0.614. The van der Waals surface area contributed by atoms with Crippen LogP contribution in [-0.4, -0.2) is 0 Å². The summed E-state index contributed by atoms with van der Waals surface area (Å²) in [4.78, 5) is 0. The van der Waals surface area contributed by atoms with E-state index in [1.807, 2.05) is 36.4 Å². The van der Waals surface area contributed by atoms with E-state index < -0.39 is 107 Å². The van der Waals surface area contributed by atoms with Crippen molar-refractivity contribution in [1.29, 1.82) is 0 Å². The molecule has 0 unspecified atom stereocenters. The molecular weight excluding hydrogens is 560 g/mol. The lowest BCUT2D eigenvalue weighted by Crippen LogP contribution is -1.91. The molecule has 0 atom stereocenters. The fraction of sp³-hybridized carbons (Fsp3) is 0. The molecule has 214 valence electrons. The third kappa shape index (κ3) is 3.71. The van der Waals surface area contributed by atoms with Crippen molar-refractivity contribution < 1.29 is 29.4 Å². The molecule has 10 aromatic rings. The Morgan fingerprint density at radius 3 is 1.83 bits per heavy atom. The molecule has 2 heterocycles. The molecule has 0 amide bonds. The minimum absolute atomic E-state index is 0.0119. The van der Waals surface area contributed by atoms with Crippen LogP contribution >= 0.6 is 0 Å². The van der Waals surface area contributed by atoms with Crippen LogP contribution < -0.4 is 0 Å². The van der Waals surface area contributed by atoms with Gasteiger partial charge in [-0.25, -0.2) is 0 Å². The van der Waals surface area contributed by atoms with Crippen molar-refractivity contribution in [2.45, 2.75) is 0 Å². The van der Waals surface area contributed by atoms with Crippen LogP contribution in [0, 0.1) is 0 Å². The summed E-state index contributed by atoms with van der Waals surface area (Å²) in [6, 6.07) is 8.29. The van der Waals surface area contributed by atoms with Crippen LogP contribution in [0.25, 0.3) is 98.6 Å². The minimum atomic E-state index is -0.748. The first-order chi connectivity index (χ1) is 29.0. The molecule has 0 spiro atoms. The van der Waals surface area contributed by atoms with E-state index in [9.17, 15) is 8.22 Å². The third-order valence-electron chi connectivity index (χ3n) is 8.42. The molecule has 2 aromatic heterocycles. The van der Waals surface area contributed by atoms with Gasteiger partial charge in [-0.15, -0.1) is 0 Å². The standard InChI is InChI=1S/C44H26O2/c1-2-11-28(12-3-1)39-26-45-40-25-42-37(24-38(39)40)32-21-20-31(23-41(32)46-42)44-35-16-8-6-14-33(35)43(34-15-7-9-17-36(34)44)30-19-18-27-10-4-5-13-29(27)22-30/h1-26H/i4D,5D,6D,7D,8D,9D,10D,13D,14D,15D,16D,17D,18D,19D,22D. The predicted octanol–water partition coefficient (Wildman–Crippen LogP) is 12.8. The van der Waals surface area contributed by atoms with Gasteiger partial charge in [0.2, 0.25) is 0 Å². The summed E-state index contributed by atoms with van der Waals surface area (Å²) in [5, 5.41) is 0.349. The second kappa shape index (κ2) is 9.69. The molecular formula is C44H26O2. The van der Waals surface area contributed by atoms with Crippen molar-refractivity contribution in [2.24, 2.45) is 0 Å². The van der Waals surface area contributed by atoms with E-state index in [4.69, 9.17) is 21.2 Å². The number of furan rings is 2. The molecule has 10 rings (SSSR count). The lowest BCUT2D eigenvalue weighted by atomic mass is 9.85. The van der Waals surface area contributed by atoms with Crippen LogP contribution in [0.3, 0.4) is 0 Å². The summed E-state index contributed by atoms with van der Waals surface area (Å²) in [5.74, 6) is 0. The molecule has 0 aliphatic rings. The van der Waals surface area contributed by atoms with Gasteiger partial charge in [-0.3, -0.25) is 0 Å². The molecule has 0 saturated heterocycles. The Hall–Kier alpha value is -6.12. The molecule has 2 nitrogen and oxygen atoms in total. The normalized spacial score (nSPS) is 16.5. The maximum atomic E-state index is 9.42. The van der Waals surface area contributed by atoms with E-state index >= 15 is 0 Å². The van der Waals surface area contributed by atoms with E-state index in [0.717, 1.165) is 21.9 Å². The van der Waals surface area contributed by atoms with Gasteiger partial charge in [0.05, 0.1) is 26.8 Å². The molecule has 0 radical (unpaired) electrons. The summed E-state index contributed by atoms with van der Waals surface area (Å²) in [5.41, 5.74) is 2.58. The quantitative estimate of drug-likeness (QED) is 0.188. The van der Waals surface area contributed by atoms with E-state index in [-0.39, 0.29) is 38.2 Å². The first-order valence-electron chi connectivity index (χ1n) is 21.9. The van der Waals surface area contributed by atoms with Gasteiger partial charge >= 0.3 is 0 Å². The summed E-state index contributed by atoms with van der Waals surface area (Å²) < 4.78 is 146. The topological polar surface area (TPSA) is 26.3 Å². The Labute approximate surface area is 285 Å². The predicted molar refractivity (Wildman–Crippen MR) is 192 cm³/mol. The maximum absolute atomic E-state index is 9.42. The molecule has 0 aliphatic heterocycles. The zero-order valence-electron chi connectivity index (χ0n) is 38.7. The first-order valence-corrected chi connectivity index (χ1v) is 14.4. The molecule has 46 heavy (non-hydrogen) atoms. The summed E-state index contributed by atoms with van der Waals surface area (Å²) in [6.07, 6.45) is 1.68. The zero-order chi connectivity index (χ0) is 43.2. The summed E-state index contributed by atoms with van der Waals surface area (Å²) in [6.45, 7) is 0. The van der Waals surface area contributed by atoms with Gasteiger partial charge in [0.25, 0.3) is 0 Å². The van der Waals surface area contributed by atoms with Crippen LogP contribution in [0.15, 0.2) is 166 Å². The second-order valence-corrected chi connectivity index (χ2v) is 10.9. The number of hydrogen-bond donors (Lipinski definition) is 0. The van der Waals surface area contributed by atoms with E-state index in [1.54, 1.807) is 30.5 Å². The third-order valence-corrected chi connectivity index (χ3v) is 8.42. The van der Waals surface area contributed by atoms with Crippen molar-refractivity contribution in [3.8, 4) is 33.4 Å². The van der Waals surface area contributed by atoms with Gasteiger partial charge in [-0.1, -0.05) is 121 Å². The van der Waals surface area contributed by atoms with Crippen molar-refractivity contribution >= 4 is 65.2 Å². The molecule has 0 saturated carbocycles. The van der Waals surface area contributed by atoms with Gasteiger partial charge in [0.1, 0.15) is 16.7 Å². The minimum Gasteiger partial charge on any atom is -0.464 e. The Bertz CT molecular complexity index is 3570. The lowest BCUT2D eigenvalue weighted by Gasteiger charge is -2.18. The fourth-order valence-electron chi connectivity index (χ4n) is 6.36.